The molecule has 0 N–H and O–H groups in total. The van der Waals surface area contributed by atoms with Gasteiger partial charge in [0.05, 0.1) is 12.2 Å². The highest BCUT2D eigenvalue weighted by Gasteiger charge is 1.84. The highest BCUT2D eigenvalue weighted by Crippen LogP contribution is 2.02. The van der Waals surface area contributed by atoms with Crippen LogP contribution in [0.1, 0.15) is 27.7 Å². The van der Waals surface area contributed by atoms with Crippen LogP contribution in [0.3, 0.4) is 0 Å². The maximum Gasteiger partial charge on any atom is 0.0581 e. The largest absolute Gasteiger partial charge is 0.189 e. The van der Waals surface area contributed by atoms with Crippen molar-refractivity contribution in [3.63, 3.8) is 0 Å². The van der Waals surface area contributed by atoms with Crippen molar-refractivity contribution in [1.82, 2.24) is 0 Å². The van der Waals surface area contributed by atoms with Crippen molar-refractivity contribution in [1.29, 1.82) is 0 Å². The van der Waals surface area contributed by atoms with E-state index in [0.29, 0.717) is 0 Å². The van der Waals surface area contributed by atoms with E-state index in [2.05, 4.69) is 10.2 Å². The van der Waals surface area contributed by atoms with Gasteiger partial charge in [-0.1, -0.05) is 5.57 Å². The molecular formula is C7H14N2. The van der Waals surface area contributed by atoms with Crippen LogP contribution in [0, 0.1) is 0 Å². The van der Waals surface area contributed by atoms with E-state index in [1.807, 2.05) is 27.7 Å². The minimum absolute atomic E-state index is 0.768. The SMILES string of the molecule is CCN=NC(C)=C(C)C. The summed E-state index contributed by atoms with van der Waals surface area (Å²) in [7, 11) is 0. The predicted octanol–water partition coefficient (Wildman–Crippen LogP) is 2.77. The second-order valence-electron chi connectivity index (χ2n) is 2.14. The lowest BCUT2D eigenvalue weighted by molar-refractivity contribution is 0.953. The van der Waals surface area contributed by atoms with Crippen molar-refractivity contribution in [3.8, 4) is 0 Å². The molecule has 2 nitrogen and oxygen atoms in total. The van der Waals surface area contributed by atoms with Crippen molar-refractivity contribution in [3.05, 3.63) is 11.3 Å². The number of rotatable bonds is 2. The Morgan fingerprint density at radius 2 is 1.78 bits per heavy atom. The Balaban J connectivity index is 3.91. The maximum atomic E-state index is 3.95. The molecule has 9 heavy (non-hydrogen) atoms. The van der Waals surface area contributed by atoms with Crippen molar-refractivity contribution >= 4 is 0 Å². The monoisotopic (exact) mass is 126 g/mol. The molecule has 0 amide bonds. The molecule has 0 saturated carbocycles. The summed E-state index contributed by atoms with van der Waals surface area (Å²) in [5.74, 6) is 0. The van der Waals surface area contributed by atoms with Gasteiger partial charge in [-0.15, -0.1) is 0 Å². The zero-order valence-corrected chi connectivity index (χ0v) is 6.60. The van der Waals surface area contributed by atoms with Crippen molar-refractivity contribution < 1.29 is 0 Å². The van der Waals surface area contributed by atoms with E-state index in [4.69, 9.17) is 0 Å². The van der Waals surface area contributed by atoms with Crippen LogP contribution in [-0.2, 0) is 0 Å². The van der Waals surface area contributed by atoms with Crippen molar-refractivity contribution in [2.75, 3.05) is 6.54 Å². The molecule has 0 bridgehead atoms. The number of hydrogen-bond donors (Lipinski definition) is 0. The first-order chi connectivity index (χ1) is 4.18. The second kappa shape index (κ2) is 4.24. The topological polar surface area (TPSA) is 24.7 Å². The highest BCUT2D eigenvalue weighted by atomic mass is 15.1. The van der Waals surface area contributed by atoms with Gasteiger partial charge >= 0.3 is 0 Å². The van der Waals surface area contributed by atoms with Gasteiger partial charge in [0.1, 0.15) is 0 Å². The van der Waals surface area contributed by atoms with E-state index in [1.165, 1.54) is 5.57 Å². The average Bonchev–Trinajstić information content (AvgIpc) is 1.82. The Labute approximate surface area is 56.7 Å². The van der Waals surface area contributed by atoms with Gasteiger partial charge in [0, 0.05) is 0 Å². The molecule has 0 radical (unpaired) electrons. The standard InChI is InChI=1S/C7H14N2/c1-5-8-9-7(4)6(2)3/h5H2,1-4H3. The molecule has 0 fully saturated rings. The average molecular weight is 126 g/mol. The first-order valence-electron chi connectivity index (χ1n) is 3.20. The summed E-state index contributed by atoms with van der Waals surface area (Å²) in [6, 6.07) is 0. The lowest BCUT2D eigenvalue weighted by Gasteiger charge is -1.91. The molecule has 0 aliphatic heterocycles. The van der Waals surface area contributed by atoms with E-state index in [1.54, 1.807) is 0 Å². The number of allylic oxidation sites excluding steroid dienone is 2. The van der Waals surface area contributed by atoms with Crippen LogP contribution in [0.15, 0.2) is 21.5 Å². The lowest BCUT2D eigenvalue weighted by Crippen LogP contribution is -1.73. The molecule has 0 aromatic heterocycles. The summed E-state index contributed by atoms with van der Waals surface area (Å²) in [6.45, 7) is 8.77. The van der Waals surface area contributed by atoms with E-state index < -0.39 is 0 Å². The molecule has 0 atom stereocenters. The Morgan fingerprint density at radius 1 is 1.22 bits per heavy atom. The van der Waals surface area contributed by atoms with E-state index in [0.717, 1.165) is 12.2 Å². The zero-order chi connectivity index (χ0) is 7.28. The molecule has 0 aliphatic carbocycles. The third-order valence-corrected chi connectivity index (χ3v) is 1.09. The van der Waals surface area contributed by atoms with Crippen LogP contribution in [0.25, 0.3) is 0 Å². The van der Waals surface area contributed by atoms with Gasteiger partial charge < -0.3 is 0 Å². The van der Waals surface area contributed by atoms with Gasteiger partial charge in [-0.25, -0.2) is 0 Å². The molecule has 0 saturated heterocycles. The van der Waals surface area contributed by atoms with Gasteiger partial charge in [0.15, 0.2) is 0 Å². The second-order valence-corrected chi connectivity index (χ2v) is 2.14. The first-order valence-corrected chi connectivity index (χ1v) is 3.20. The number of azo groups is 1. The minimum Gasteiger partial charge on any atom is -0.189 e. The highest BCUT2D eigenvalue weighted by molar-refractivity contribution is 5.03. The fourth-order valence-electron chi connectivity index (χ4n) is 0.277. The summed E-state index contributed by atoms with van der Waals surface area (Å²) in [6.07, 6.45) is 0. The Bertz CT molecular complexity index is 130. The van der Waals surface area contributed by atoms with Gasteiger partial charge in [0.2, 0.25) is 0 Å². The zero-order valence-electron chi connectivity index (χ0n) is 6.60. The van der Waals surface area contributed by atoms with E-state index in [-0.39, 0.29) is 0 Å². The normalized spacial score (nSPS) is 10.2. The molecule has 0 aromatic rings. The van der Waals surface area contributed by atoms with Crippen LogP contribution < -0.4 is 0 Å². The van der Waals surface area contributed by atoms with Crippen LogP contribution in [0.2, 0.25) is 0 Å². The Kier molecular flexibility index (Phi) is 3.93. The first kappa shape index (κ1) is 8.34. The van der Waals surface area contributed by atoms with E-state index >= 15 is 0 Å². The molecule has 2 heteroatoms. The van der Waals surface area contributed by atoms with Crippen molar-refractivity contribution in [2.45, 2.75) is 27.7 Å². The van der Waals surface area contributed by atoms with Crippen LogP contribution >= 0.6 is 0 Å². The Morgan fingerprint density at radius 3 is 2.11 bits per heavy atom. The summed E-state index contributed by atoms with van der Waals surface area (Å²) in [5, 5.41) is 7.81. The third kappa shape index (κ3) is 3.88. The van der Waals surface area contributed by atoms with Crippen LogP contribution in [0.4, 0.5) is 0 Å². The molecule has 52 valence electrons. The van der Waals surface area contributed by atoms with Crippen LogP contribution in [-0.4, -0.2) is 6.54 Å². The molecule has 0 rings (SSSR count). The summed E-state index contributed by atoms with van der Waals surface area (Å²) in [5.41, 5.74) is 2.25. The lowest BCUT2D eigenvalue weighted by atomic mass is 10.3. The summed E-state index contributed by atoms with van der Waals surface area (Å²) < 4.78 is 0. The molecule has 0 spiro atoms. The van der Waals surface area contributed by atoms with Gasteiger partial charge in [0.25, 0.3) is 0 Å². The third-order valence-electron chi connectivity index (χ3n) is 1.09. The van der Waals surface area contributed by atoms with Crippen LogP contribution in [0.5, 0.6) is 0 Å². The summed E-state index contributed by atoms with van der Waals surface area (Å²) in [4.78, 5) is 0. The number of hydrogen-bond acceptors (Lipinski definition) is 2. The number of nitrogens with zero attached hydrogens (tertiary/aromatic N) is 2. The maximum absolute atomic E-state index is 3.95. The fraction of sp³-hybridized carbons (Fsp3) is 0.714. The quantitative estimate of drug-likeness (QED) is 0.508. The molecule has 0 aromatic carbocycles. The van der Waals surface area contributed by atoms with Gasteiger partial charge in [-0.2, -0.15) is 10.2 Å². The molecule has 0 unspecified atom stereocenters. The Hall–Kier alpha value is -0.660. The molecule has 0 heterocycles. The predicted molar refractivity (Wildman–Crippen MR) is 39.4 cm³/mol. The summed E-state index contributed by atoms with van der Waals surface area (Å²) >= 11 is 0. The van der Waals surface area contributed by atoms with Gasteiger partial charge in [-0.05, 0) is 27.7 Å². The smallest absolute Gasteiger partial charge is 0.0581 e. The van der Waals surface area contributed by atoms with Gasteiger partial charge in [-0.3, -0.25) is 0 Å². The molecular weight excluding hydrogens is 112 g/mol. The van der Waals surface area contributed by atoms with Crippen molar-refractivity contribution in [2.24, 2.45) is 10.2 Å². The molecule has 0 aliphatic rings. The van der Waals surface area contributed by atoms with E-state index in [9.17, 15) is 0 Å². The minimum atomic E-state index is 0.768. The fourth-order valence-corrected chi connectivity index (χ4v) is 0.277.